The third-order valence-corrected chi connectivity index (χ3v) is 12.6. The third-order valence-electron chi connectivity index (χ3n) is 12.6. The Morgan fingerprint density at radius 1 is 0.450 bits per heavy atom. The summed E-state index contributed by atoms with van der Waals surface area (Å²) < 4.78 is 5.47. The second-order valence-corrected chi connectivity index (χ2v) is 18.6. The van der Waals surface area contributed by atoms with Crippen LogP contribution in [-0.2, 0) is 14.3 Å². The molecule has 0 aromatic heterocycles. The van der Waals surface area contributed by atoms with Crippen molar-refractivity contribution in [3.05, 3.63) is 12.2 Å². The molecule has 0 bridgehead atoms. The molecular formula is C54H105NO5. The lowest BCUT2D eigenvalue weighted by Gasteiger charge is -2.20. The van der Waals surface area contributed by atoms with Crippen LogP contribution in [0, 0.1) is 0 Å². The molecule has 60 heavy (non-hydrogen) atoms. The Morgan fingerprint density at radius 3 is 1.13 bits per heavy atom. The molecule has 0 aromatic carbocycles. The van der Waals surface area contributed by atoms with Gasteiger partial charge in [-0.25, -0.2) is 0 Å². The second-order valence-electron chi connectivity index (χ2n) is 18.6. The number of hydrogen-bond acceptors (Lipinski definition) is 5. The number of allylic oxidation sites excluding steroid dienone is 1. The topological polar surface area (TPSA) is 95.9 Å². The molecular weight excluding hydrogens is 743 g/mol. The molecule has 0 fully saturated rings. The highest BCUT2D eigenvalue weighted by molar-refractivity contribution is 5.76. The number of amides is 1. The van der Waals surface area contributed by atoms with E-state index in [1.807, 2.05) is 6.08 Å². The number of rotatable bonds is 50. The summed E-state index contributed by atoms with van der Waals surface area (Å²) in [5.74, 6) is -0.0695. The van der Waals surface area contributed by atoms with Crippen LogP contribution in [-0.4, -0.2) is 47.4 Å². The molecule has 0 radical (unpaired) electrons. The molecule has 2 unspecified atom stereocenters. The molecule has 2 atom stereocenters. The second kappa shape index (κ2) is 50.2. The highest BCUT2D eigenvalue weighted by atomic mass is 16.5. The first-order chi connectivity index (χ1) is 29.5. The highest BCUT2D eigenvalue weighted by Crippen LogP contribution is 2.17. The van der Waals surface area contributed by atoms with Crippen molar-refractivity contribution in [1.29, 1.82) is 0 Å². The van der Waals surface area contributed by atoms with E-state index in [0.29, 0.717) is 19.4 Å². The maximum atomic E-state index is 12.4. The zero-order chi connectivity index (χ0) is 43.7. The lowest BCUT2D eigenvalue weighted by Crippen LogP contribution is -2.45. The molecule has 1 amide bonds. The number of ether oxygens (including phenoxy) is 1. The predicted octanol–water partition coefficient (Wildman–Crippen LogP) is 16.1. The minimum Gasteiger partial charge on any atom is -0.466 e. The first-order valence-corrected chi connectivity index (χ1v) is 27.0. The lowest BCUT2D eigenvalue weighted by atomic mass is 10.0. The van der Waals surface area contributed by atoms with Gasteiger partial charge in [0, 0.05) is 12.8 Å². The van der Waals surface area contributed by atoms with Gasteiger partial charge in [0.1, 0.15) is 0 Å². The van der Waals surface area contributed by atoms with E-state index in [4.69, 9.17) is 4.74 Å². The third kappa shape index (κ3) is 46.1. The zero-order valence-electron chi connectivity index (χ0n) is 40.5. The molecule has 0 aliphatic rings. The van der Waals surface area contributed by atoms with E-state index >= 15 is 0 Å². The van der Waals surface area contributed by atoms with Gasteiger partial charge in [0.05, 0.1) is 25.4 Å². The van der Waals surface area contributed by atoms with Crippen LogP contribution in [0.3, 0.4) is 0 Å². The van der Waals surface area contributed by atoms with Gasteiger partial charge in [0.15, 0.2) is 0 Å². The molecule has 356 valence electrons. The summed E-state index contributed by atoms with van der Waals surface area (Å²) in [5, 5.41) is 23.0. The fraction of sp³-hybridized carbons (Fsp3) is 0.926. The summed E-state index contributed by atoms with van der Waals surface area (Å²) in [4.78, 5) is 24.4. The van der Waals surface area contributed by atoms with E-state index in [-0.39, 0.29) is 18.5 Å². The number of esters is 1. The van der Waals surface area contributed by atoms with Crippen LogP contribution in [0.4, 0.5) is 0 Å². The molecule has 0 aliphatic heterocycles. The minimum absolute atomic E-state index is 0.00454. The van der Waals surface area contributed by atoms with Crippen LogP contribution in [0.15, 0.2) is 12.2 Å². The Kier molecular flexibility index (Phi) is 49.1. The molecule has 6 nitrogen and oxygen atoms in total. The molecule has 0 rings (SSSR count). The number of carbonyl (C=O) groups excluding carboxylic acids is 2. The largest absolute Gasteiger partial charge is 0.466 e. The highest BCUT2D eigenvalue weighted by Gasteiger charge is 2.18. The number of carbonyl (C=O) groups is 2. The number of aliphatic hydroxyl groups is 2. The van der Waals surface area contributed by atoms with Crippen LogP contribution in [0.2, 0.25) is 0 Å². The molecule has 0 heterocycles. The van der Waals surface area contributed by atoms with Crippen molar-refractivity contribution in [3.63, 3.8) is 0 Å². The van der Waals surface area contributed by atoms with E-state index in [9.17, 15) is 19.8 Å². The van der Waals surface area contributed by atoms with Gasteiger partial charge >= 0.3 is 5.97 Å². The molecule has 0 spiro atoms. The summed E-state index contributed by atoms with van der Waals surface area (Å²) in [6, 6.07) is -0.631. The Morgan fingerprint density at radius 2 is 0.767 bits per heavy atom. The smallest absolute Gasteiger partial charge is 0.305 e. The van der Waals surface area contributed by atoms with Crippen LogP contribution in [0.1, 0.15) is 296 Å². The Bertz CT molecular complexity index is 893. The van der Waals surface area contributed by atoms with Gasteiger partial charge in [-0.05, 0) is 32.1 Å². The Balaban J connectivity index is 3.43. The SMILES string of the molecule is CCCCCCCCCCCCC/C=C/C(O)C(CO)NC(=O)CCCCCCCCCCCCCCCCCCOC(=O)CCCCCCCCCCCCCCCC. The fourth-order valence-electron chi connectivity index (χ4n) is 8.40. The molecule has 0 aliphatic carbocycles. The Hall–Kier alpha value is -1.40. The van der Waals surface area contributed by atoms with Crippen molar-refractivity contribution >= 4 is 11.9 Å². The number of nitrogens with one attached hydrogen (secondary N) is 1. The molecule has 3 N–H and O–H groups in total. The van der Waals surface area contributed by atoms with Gasteiger partial charge in [0.25, 0.3) is 0 Å². The first kappa shape index (κ1) is 58.6. The van der Waals surface area contributed by atoms with Gasteiger partial charge < -0.3 is 20.3 Å². The number of hydrogen-bond donors (Lipinski definition) is 3. The van der Waals surface area contributed by atoms with Gasteiger partial charge in [-0.1, -0.05) is 264 Å². The zero-order valence-corrected chi connectivity index (χ0v) is 40.5. The average Bonchev–Trinajstić information content (AvgIpc) is 3.25. The maximum Gasteiger partial charge on any atom is 0.305 e. The summed E-state index contributed by atoms with van der Waals surface area (Å²) in [5.41, 5.74) is 0. The van der Waals surface area contributed by atoms with E-state index in [2.05, 4.69) is 19.2 Å². The molecule has 6 heteroatoms. The van der Waals surface area contributed by atoms with E-state index in [1.165, 1.54) is 225 Å². The van der Waals surface area contributed by atoms with Crippen LogP contribution in [0.25, 0.3) is 0 Å². The fourth-order valence-corrected chi connectivity index (χ4v) is 8.40. The number of aliphatic hydroxyl groups excluding tert-OH is 2. The maximum absolute atomic E-state index is 12.4. The summed E-state index contributed by atoms with van der Waals surface area (Å²) in [6.45, 7) is 4.90. The normalized spacial score (nSPS) is 12.7. The molecule has 0 saturated heterocycles. The van der Waals surface area contributed by atoms with Gasteiger partial charge in [0.2, 0.25) is 5.91 Å². The van der Waals surface area contributed by atoms with Crippen molar-refractivity contribution in [1.82, 2.24) is 5.32 Å². The Labute approximate surface area is 374 Å². The van der Waals surface area contributed by atoms with E-state index in [0.717, 1.165) is 44.9 Å². The van der Waals surface area contributed by atoms with Crippen LogP contribution < -0.4 is 5.32 Å². The van der Waals surface area contributed by atoms with Gasteiger partial charge in [-0.2, -0.15) is 0 Å². The average molecular weight is 848 g/mol. The van der Waals surface area contributed by atoms with Crippen LogP contribution in [0.5, 0.6) is 0 Å². The van der Waals surface area contributed by atoms with Crippen molar-refractivity contribution in [2.45, 2.75) is 309 Å². The quantitative estimate of drug-likeness (QED) is 0.0322. The summed E-state index contributed by atoms with van der Waals surface area (Å²) >= 11 is 0. The summed E-state index contributed by atoms with van der Waals surface area (Å²) in [6.07, 6.45) is 57.9. The molecule has 0 aromatic rings. The van der Waals surface area contributed by atoms with Crippen molar-refractivity contribution in [2.75, 3.05) is 13.2 Å². The van der Waals surface area contributed by atoms with Crippen molar-refractivity contribution < 1.29 is 24.5 Å². The predicted molar refractivity (Wildman–Crippen MR) is 260 cm³/mol. The monoisotopic (exact) mass is 848 g/mol. The standard InChI is InChI=1S/C54H105NO5/c1-3-5-7-9-11-13-15-17-24-28-32-36-40-44-48-54(59)60-49-45-41-37-33-29-25-21-19-18-20-23-27-31-35-39-43-47-53(58)55-51(50-56)52(57)46-42-38-34-30-26-22-16-14-12-10-8-6-4-2/h42,46,51-52,56-57H,3-41,43-45,47-50H2,1-2H3,(H,55,58)/b46-42+. The van der Waals surface area contributed by atoms with Gasteiger partial charge in [-0.3, -0.25) is 9.59 Å². The van der Waals surface area contributed by atoms with Crippen molar-refractivity contribution in [3.8, 4) is 0 Å². The minimum atomic E-state index is -0.847. The van der Waals surface area contributed by atoms with E-state index in [1.54, 1.807) is 6.08 Å². The van der Waals surface area contributed by atoms with Gasteiger partial charge in [-0.15, -0.1) is 0 Å². The van der Waals surface area contributed by atoms with E-state index < -0.39 is 12.1 Å². The van der Waals surface area contributed by atoms with Crippen LogP contribution >= 0.6 is 0 Å². The summed E-state index contributed by atoms with van der Waals surface area (Å²) in [7, 11) is 0. The van der Waals surface area contributed by atoms with Crippen molar-refractivity contribution in [2.24, 2.45) is 0 Å². The number of unbranched alkanes of at least 4 members (excludes halogenated alkanes) is 39. The lowest BCUT2D eigenvalue weighted by molar-refractivity contribution is -0.143. The first-order valence-electron chi connectivity index (χ1n) is 27.0. The molecule has 0 saturated carbocycles.